The number of hydrogen-bond acceptors (Lipinski definition) is 2. The molecule has 1 aliphatic carbocycles. The Bertz CT molecular complexity index is 530. The third-order valence-corrected chi connectivity index (χ3v) is 5.70. The molecule has 1 aliphatic rings. The van der Waals surface area contributed by atoms with Crippen LogP contribution in [0.3, 0.4) is 0 Å². The fraction of sp³-hybridized carbons (Fsp3) is 0.571. The summed E-state index contributed by atoms with van der Waals surface area (Å²) < 4.78 is 27.8. The van der Waals surface area contributed by atoms with Crippen LogP contribution < -0.4 is 4.72 Å². The zero-order valence-electron chi connectivity index (χ0n) is 11.1. The number of alkyl halides is 1. The number of hydrogen-bond donors (Lipinski definition) is 1. The Morgan fingerprint density at radius 1 is 1.26 bits per heavy atom. The van der Waals surface area contributed by atoms with E-state index in [1.807, 2.05) is 0 Å². The molecule has 2 rings (SSSR count). The Balaban J connectivity index is 2.22. The van der Waals surface area contributed by atoms with Crippen LogP contribution in [0.1, 0.15) is 38.2 Å². The smallest absolute Gasteiger partial charge is 0.208 e. The number of rotatable bonds is 4. The Labute approximate surface area is 120 Å². The van der Waals surface area contributed by atoms with Crippen LogP contribution in [-0.4, -0.2) is 14.5 Å². The zero-order chi connectivity index (χ0) is 13.9. The van der Waals surface area contributed by atoms with Gasteiger partial charge in [-0.15, -0.1) is 11.6 Å². The van der Waals surface area contributed by atoms with E-state index in [9.17, 15) is 8.42 Å². The lowest BCUT2D eigenvalue weighted by Crippen LogP contribution is -2.41. The van der Waals surface area contributed by atoms with E-state index in [1.54, 1.807) is 24.3 Å². The number of benzene rings is 1. The molecule has 2 atom stereocenters. The van der Waals surface area contributed by atoms with E-state index in [4.69, 9.17) is 11.6 Å². The van der Waals surface area contributed by atoms with Gasteiger partial charge in [0, 0.05) is 11.9 Å². The molecule has 0 heterocycles. The molecule has 1 N–H and O–H groups in total. The van der Waals surface area contributed by atoms with Gasteiger partial charge in [-0.3, -0.25) is 0 Å². The molecule has 0 saturated heterocycles. The molecule has 2 unspecified atom stereocenters. The summed E-state index contributed by atoms with van der Waals surface area (Å²) in [5, 5.41) is 0. The topological polar surface area (TPSA) is 46.2 Å². The molecule has 1 aromatic rings. The third kappa shape index (κ3) is 3.50. The summed E-state index contributed by atoms with van der Waals surface area (Å²) >= 11 is 5.82. The van der Waals surface area contributed by atoms with Crippen molar-refractivity contribution in [2.45, 2.75) is 49.4 Å². The lowest BCUT2D eigenvalue weighted by molar-refractivity contribution is 0.310. The van der Waals surface area contributed by atoms with Crippen molar-refractivity contribution in [1.82, 2.24) is 4.72 Å². The highest BCUT2D eigenvalue weighted by molar-refractivity contribution is 7.89. The summed E-state index contributed by atoms with van der Waals surface area (Å²) in [5.41, 5.74) is 0.653. The molecule has 0 radical (unpaired) electrons. The molecule has 0 spiro atoms. The molecule has 19 heavy (non-hydrogen) atoms. The van der Waals surface area contributed by atoms with Gasteiger partial charge >= 0.3 is 0 Å². The van der Waals surface area contributed by atoms with E-state index >= 15 is 0 Å². The Morgan fingerprint density at radius 3 is 2.63 bits per heavy atom. The zero-order valence-corrected chi connectivity index (χ0v) is 12.7. The third-order valence-electron chi connectivity index (χ3n) is 3.82. The van der Waals surface area contributed by atoms with Gasteiger partial charge < -0.3 is 0 Å². The van der Waals surface area contributed by atoms with Crippen molar-refractivity contribution in [3.63, 3.8) is 0 Å². The van der Waals surface area contributed by atoms with Gasteiger partial charge in [0.05, 0.1) is 4.90 Å². The van der Waals surface area contributed by atoms with Crippen LogP contribution in [0.25, 0.3) is 0 Å². The van der Waals surface area contributed by atoms with Crippen molar-refractivity contribution in [3.8, 4) is 0 Å². The van der Waals surface area contributed by atoms with E-state index in [2.05, 4.69) is 11.6 Å². The van der Waals surface area contributed by atoms with E-state index in [1.165, 1.54) is 6.42 Å². The summed E-state index contributed by atoms with van der Waals surface area (Å²) in [5.74, 6) is 0.601. The predicted octanol–water partition coefficient (Wildman–Crippen LogP) is 3.28. The highest BCUT2D eigenvalue weighted by Gasteiger charge is 2.27. The second-order valence-electron chi connectivity index (χ2n) is 5.23. The fourth-order valence-electron chi connectivity index (χ4n) is 2.63. The number of nitrogens with one attached hydrogen (secondary N) is 1. The van der Waals surface area contributed by atoms with E-state index in [0.717, 1.165) is 19.3 Å². The summed E-state index contributed by atoms with van der Waals surface area (Å²) in [6.07, 6.45) is 4.29. The van der Waals surface area contributed by atoms with Crippen molar-refractivity contribution in [3.05, 3.63) is 29.8 Å². The van der Waals surface area contributed by atoms with Crippen LogP contribution in [0.4, 0.5) is 0 Å². The molecular weight excluding hydrogens is 282 g/mol. The molecule has 0 amide bonds. The highest BCUT2D eigenvalue weighted by atomic mass is 35.5. The van der Waals surface area contributed by atoms with Gasteiger partial charge in [-0.1, -0.05) is 38.0 Å². The molecule has 5 heteroatoms. The minimum absolute atomic E-state index is 0.0436. The molecule has 1 fully saturated rings. The van der Waals surface area contributed by atoms with Crippen LogP contribution >= 0.6 is 11.6 Å². The standard InChI is InChI=1S/C14H20ClNO2S/c1-11-6-2-4-8-13(11)16-19(17,18)14-9-5-3-7-12(14)10-15/h3,5,7,9,11,13,16H,2,4,6,8,10H2,1H3. The molecule has 1 saturated carbocycles. The van der Waals surface area contributed by atoms with Crippen LogP contribution in [0.5, 0.6) is 0 Å². The van der Waals surface area contributed by atoms with Crippen molar-refractivity contribution in [2.24, 2.45) is 5.92 Å². The minimum atomic E-state index is -3.47. The summed E-state index contributed by atoms with van der Waals surface area (Å²) in [6, 6.07) is 6.95. The molecule has 3 nitrogen and oxygen atoms in total. The van der Waals surface area contributed by atoms with Gasteiger partial charge in [0.25, 0.3) is 0 Å². The van der Waals surface area contributed by atoms with E-state index in [-0.39, 0.29) is 11.9 Å². The predicted molar refractivity (Wildman–Crippen MR) is 77.7 cm³/mol. The van der Waals surface area contributed by atoms with Crippen LogP contribution in [0, 0.1) is 5.92 Å². The molecule has 1 aromatic carbocycles. The minimum Gasteiger partial charge on any atom is -0.208 e. The summed E-state index contributed by atoms with van der Waals surface area (Å²) in [6.45, 7) is 2.11. The second kappa shape index (κ2) is 6.25. The average Bonchev–Trinajstić information content (AvgIpc) is 2.41. The first kappa shape index (κ1) is 14.8. The molecule has 0 aliphatic heterocycles. The van der Waals surface area contributed by atoms with Crippen LogP contribution in [0.15, 0.2) is 29.2 Å². The van der Waals surface area contributed by atoms with Crippen molar-refractivity contribution < 1.29 is 8.42 Å². The maximum Gasteiger partial charge on any atom is 0.241 e. The van der Waals surface area contributed by atoms with Gasteiger partial charge in [0.15, 0.2) is 0 Å². The normalized spacial score (nSPS) is 24.3. The Kier molecular flexibility index (Phi) is 4.87. The quantitative estimate of drug-likeness (QED) is 0.868. The Morgan fingerprint density at radius 2 is 1.95 bits per heavy atom. The van der Waals surface area contributed by atoms with Crippen LogP contribution in [-0.2, 0) is 15.9 Å². The largest absolute Gasteiger partial charge is 0.241 e. The molecular formula is C14H20ClNO2S. The summed E-state index contributed by atoms with van der Waals surface area (Å²) in [7, 11) is -3.47. The van der Waals surface area contributed by atoms with Gasteiger partial charge in [-0.2, -0.15) is 0 Å². The van der Waals surface area contributed by atoms with E-state index < -0.39 is 10.0 Å². The molecule has 0 aromatic heterocycles. The Hall–Kier alpha value is -0.580. The average molecular weight is 302 g/mol. The monoisotopic (exact) mass is 301 g/mol. The van der Waals surface area contributed by atoms with Crippen molar-refractivity contribution in [1.29, 1.82) is 0 Å². The van der Waals surface area contributed by atoms with Crippen molar-refractivity contribution in [2.75, 3.05) is 0 Å². The molecule has 0 bridgehead atoms. The first-order chi connectivity index (χ1) is 9.04. The highest BCUT2D eigenvalue weighted by Crippen LogP contribution is 2.26. The summed E-state index contributed by atoms with van der Waals surface area (Å²) in [4.78, 5) is 0.308. The van der Waals surface area contributed by atoms with Crippen molar-refractivity contribution >= 4 is 21.6 Å². The SMILES string of the molecule is CC1CCCCC1NS(=O)(=O)c1ccccc1CCl. The van der Waals surface area contributed by atoms with Gasteiger partial charge in [-0.25, -0.2) is 13.1 Å². The number of sulfonamides is 1. The van der Waals surface area contributed by atoms with E-state index in [0.29, 0.717) is 16.4 Å². The van der Waals surface area contributed by atoms with Crippen LogP contribution in [0.2, 0.25) is 0 Å². The first-order valence-electron chi connectivity index (χ1n) is 6.71. The van der Waals surface area contributed by atoms with Gasteiger partial charge in [0.2, 0.25) is 10.0 Å². The lowest BCUT2D eigenvalue weighted by Gasteiger charge is -2.29. The first-order valence-corrected chi connectivity index (χ1v) is 8.72. The number of halogens is 1. The maximum absolute atomic E-state index is 12.5. The maximum atomic E-state index is 12.5. The van der Waals surface area contributed by atoms with Gasteiger partial charge in [0.1, 0.15) is 0 Å². The second-order valence-corrected chi connectivity index (χ2v) is 7.18. The lowest BCUT2D eigenvalue weighted by atomic mass is 9.87. The molecule has 106 valence electrons. The van der Waals surface area contributed by atoms with Gasteiger partial charge in [-0.05, 0) is 30.4 Å². The fourth-order valence-corrected chi connectivity index (χ4v) is 4.56.